The second-order valence-electron chi connectivity index (χ2n) is 5.62. The van der Waals surface area contributed by atoms with Crippen LogP contribution in [-0.4, -0.2) is 15.1 Å². The molecule has 1 aliphatic carbocycles. The van der Waals surface area contributed by atoms with Gasteiger partial charge in [0.05, 0.1) is 11.7 Å². The molecule has 2 N–H and O–H groups in total. The molecule has 5 nitrogen and oxygen atoms in total. The van der Waals surface area contributed by atoms with Crippen molar-refractivity contribution in [3.8, 4) is 11.5 Å². The molecule has 0 spiro atoms. The van der Waals surface area contributed by atoms with Crippen LogP contribution < -0.4 is 5.73 Å². The van der Waals surface area contributed by atoms with Crippen LogP contribution in [0.2, 0.25) is 0 Å². The Kier molecular flexibility index (Phi) is 3.25. The van der Waals surface area contributed by atoms with Gasteiger partial charge in [-0.3, -0.25) is 0 Å². The number of pyridine rings is 1. The average Bonchev–Trinajstić information content (AvgIpc) is 2.94. The summed E-state index contributed by atoms with van der Waals surface area (Å²) in [5.41, 5.74) is 6.32. The lowest BCUT2D eigenvalue weighted by Gasteiger charge is -2.32. The Hall–Kier alpha value is -1.82. The summed E-state index contributed by atoms with van der Waals surface area (Å²) < 4.78 is 18.2. The summed E-state index contributed by atoms with van der Waals surface area (Å²) in [7, 11) is 0. The maximum absolute atomic E-state index is 12.8. The highest BCUT2D eigenvalue weighted by Crippen LogP contribution is 2.36. The average molecular weight is 276 g/mol. The lowest BCUT2D eigenvalue weighted by atomic mass is 9.78. The van der Waals surface area contributed by atoms with E-state index in [1.807, 2.05) is 0 Å². The standard InChI is InChI=1S/C14H17FN4O/c1-9-4-6-14(16,7-5-9)13-18-12(19-20-13)11-3-2-10(15)8-17-11/h2-3,8-9H,4-7,16H2,1H3. The van der Waals surface area contributed by atoms with E-state index in [2.05, 4.69) is 22.0 Å². The molecule has 0 unspecified atom stereocenters. The predicted octanol–water partition coefficient (Wildman–Crippen LogP) is 2.63. The second-order valence-corrected chi connectivity index (χ2v) is 5.62. The Labute approximate surface area is 116 Å². The van der Waals surface area contributed by atoms with Gasteiger partial charge in [0, 0.05) is 0 Å². The zero-order valence-corrected chi connectivity index (χ0v) is 11.3. The molecule has 3 rings (SSSR count). The first kappa shape index (κ1) is 13.2. The Bertz CT molecular complexity index is 587. The summed E-state index contributed by atoms with van der Waals surface area (Å²) in [4.78, 5) is 8.28. The van der Waals surface area contributed by atoms with Crippen molar-refractivity contribution in [3.05, 3.63) is 30.0 Å². The molecule has 2 aromatic heterocycles. The van der Waals surface area contributed by atoms with E-state index in [0.29, 0.717) is 23.3 Å². The predicted molar refractivity (Wildman–Crippen MR) is 71.0 cm³/mol. The maximum Gasteiger partial charge on any atom is 0.247 e. The number of halogens is 1. The van der Waals surface area contributed by atoms with E-state index in [-0.39, 0.29) is 0 Å². The molecule has 2 aromatic rings. The van der Waals surface area contributed by atoms with Crippen LogP contribution in [0.5, 0.6) is 0 Å². The van der Waals surface area contributed by atoms with Crippen molar-refractivity contribution in [2.75, 3.05) is 0 Å². The van der Waals surface area contributed by atoms with E-state index in [1.54, 1.807) is 0 Å². The molecule has 106 valence electrons. The third-order valence-electron chi connectivity index (χ3n) is 3.97. The molecule has 0 saturated heterocycles. The summed E-state index contributed by atoms with van der Waals surface area (Å²) >= 11 is 0. The van der Waals surface area contributed by atoms with Crippen LogP contribution in [0.3, 0.4) is 0 Å². The Morgan fingerprint density at radius 1 is 1.35 bits per heavy atom. The van der Waals surface area contributed by atoms with Gasteiger partial charge in [-0.1, -0.05) is 12.1 Å². The number of rotatable bonds is 2. The molecule has 1 saturated carbocycles. The zero-order valence-electron chi connectivity index (χ0n) is 11.3. The highest BCUT2D eigenvalue weighted by molar-refractivity contribution is 5.47. The van der Waals surface area contributed by atoms with Gasteiger partial charge >= 0.3 is 0 Å². The minimum absolute atomic E-state index is 0.350. The minimum Gasteiger partial charge on any atom is -0.337 e. The monoisotopic (exact) mass is 276 g/mol. The molecular weight excluding hydrogens is 259 g/mol. The van der Waals surface area contributed by atoms with Crippen LogP contribution in [0.4, 0.5) is 4.39 Å². The highest BCUT2D eigenvalue weighted by atomic mass is 19.1. The van der Waals surface area contributed by atoms with Gasteiger partial charge in [-0.25, -0.2) is 9.37 Å². The second kappa shape index (κ2) is 4.94. The molecule has 0 radical (unpaired) electrons. The first-order valence-electron chi connectivity index (χ1n) is 6.82. The van der Waals surface area contributed by atoms with Gasteiger partial charge in [-0.05, 0) is 43.7 Å². The molecule has 0 aliphatic heterocycles. The van der Waals surface area contributed by atoms with E-state index >= 15 is 0 Å². The normalized spacial score (nSPS) is 26.6. The summed E-state index contributed by atoms with van der Waals surface area (Å²) in [6.45, 7) is 2.22. The van der Waals surface area contributed by atoms with E-state index in [1.165, 1.54) is 12.1 Å². The molecule has 0 amide bonds. The summed E-state index contributed by atoms with van der Waals surface area (Å²) in [6, 6.07) is 2.84. The topological polar surface area (TPSA) is 77.8 Å². The van der Waals surface area contributed by atoms with Gasteiger partial charge in [-0.2, -0.15) is 4.98 Å². The first-order valence-corrected chi connectivity index (χ1v) is 6.82. The fourth-order valence-corrected chi connectivity index (χ4v) is 2.53. The van der Waals surface area contributed by atoms with Crippen molar-refractivity contribution in [1.29, 1.82) is 0 Å². The van der Waals surface area contributed by atoms with Crippen molar-refractivity contribution in [2.24, 2.45) is 11.7 Å². The largest absolute Gasteiger partial charge is 0.337 e. The molecule has 6 heteroatoms. The minimum atomic E-state index is -0.544. The van der Waals surface area contributed by atoms with Crippen LogP contribution in [0.1, 0.15) is 38.5 Å². The molecule has 0 aromatic carbocycles. The summed E-state index contributed by atoms with van der Waals surface area (Å²) in [6.07, 6.45) is 4.93. The van der Waals surface area contributed by atoms with Gasteiger partial charge in [0.2, 0.25) is 11.7 Å². The Morgan fingerprint density at radius 3 is 2.75 bits per heavy atom. The number of nitrogens with zero attached hydrogens (tertiary/aromatic N) is 3. The van der Waals surface area contributed by atoms with Crippen LogP contribution in [-0.2, 0) is 5.54 Å². The highest BCUT2D eigenvalue weighted by Gasteiger charge is 2.37. The summed E-state index contributed by atoms with van der Waals surface area (Å²) in [5.74, 6) is 1.09. The van der Waals surface area contributed by atoms with Crippen LogP contribution in [0, 0.1) is 11.7 Å². The Morgan fingerprint density at radius 2 is 2.10 bits per heavy atom. The quantitative estimate of drug-likeness (QED) is 0.912. The summed E-state index contributed by atoms with van der Waals surface area (Å²) in [5, 5.41) is 3.90. The van der Waals surface area contributed by atoms with Gasteiger partial charge in [0.1, 0.15) is 11.5 Å². The van der Waals surface area contributed by atoms with Gasteiger partial charge in [0.25, 0.3) is 0 Å². The lowest BCUT2D eigenvalue weighted by Crippen LogP contribution is -2.40. The molecule has 0 atom stereocenters. The van der Waals surface area contributed by atoms with Crippen molar-refractivity contribution in [3.63, 3.8) is 0 Å². The van der Waals surface area contributed by atoms with E-state index in [0.717, 1.165) is 31.9 Å². The number of aromatic nitrogens is 3. The number of hydrogen-bond donors (Lipinski definition) is 1. The van der Waals surface area contributed by atoms with Crippen molar-refractivity contribution in [1.82, 2.24) is 15.1 Å². The van der Waals surface area contributed by atoms with Crippen molar-refractivity contribution >= 4 is 0 Å². The third-order valence-corrected chi connectivity index (χ3v) is 3.97. The number of hydrogen-bond acceptors (Lipinski definition) is 5. The van der Waals surface area contributed by atoms with E-state index < -0.39 is 11.4 Å². The lowest BCUT2D eigenvalue weighted by molar-refractivity contribution is 0.190. The molecule has 1 fully saturated rings. The van der Waals surface area contributed by atoms with Crippen molar-refractivity contribution in [2.45, 2.75) is 38.1 Å². The van der Waals surface area contributed by atoms with Gasteiger partial charge < -0.3 is 10.3 Å². The van der Waals surface area contributed by atoms with Crippen LogP contribution in [0.15, 0.2) is 22.9 Å². The molecule has 0 bridgehead atoms. The molecule has 1 aliphatic rings. The zero-order chi connectivity index (χ0) is 14.2. The fraction of sp³-hybridized carbons (Fsp3) is 0.500. The van der Waals surface area contributed by atoms with Crippen LogP contribution >= 0.6 is 0 Å². The Balaban J connectivity index is 1.85. The van der Waals surface area contributed by atoms with Gasteiger partial charge in [0.15, 0.2) is 0 Å². The number of nitrogens with two attached hydrogens (primary N) is 1. The molecule has 2 heterocycles. The SMILES string of the molecule is CC1CCC(N)(c2nc(-c3ccc(F)cn3)no2)CC1. The third kappa shape index (κ3) is 2.43. The molecular formula is C14H17FN4O. The van der Waals surface area contributed by atoms with Crippen molar-refractivity contribution < 1.29 is 8.91 Å². The first-order chi connectivity index (χ1) is 9.57. The van der Waals surface area contributed by atoms with E-state index in [9.17, 15) is 4.39 Å². The van der Waals surface area contributed by atoms with E-state index in [4.69, 9.17) is 10.3 Å². The molecule has 20 heavy (non-hydrogen) atoms. The van der Waals surface area contributed by atoms with Gasteiger partial charge in [-0.15, -0.1) is 0 Å². The van der Waals surface area contributed by atoms with Crippen LogP contribution in [0.25, 0.3) is 11.5 Å². The maximum atomic E-state index is 12.8. The fourth-order valence-electron chi connectivity index (χ4n) is 2.53. The smallest absolute Gasteiger partial charge is 0.247 e.